The highest BCUT2D eigenvalue weighted by Gasteiger charge is 2.14. The van der Waals surface area contributed by atoms with Gasteiger partial charge in [0.15, 0.2) is 11.6 Å². The summed E-state index contributed by atoms with van der Waals surface area (Å²) >= 11 is 0. The van der Waals surface area contributed by atoms with E-state index >= 15 is 0 Å². The SMILES string of the molecule is Cc1ccc(C=CC(=O)OCC(O)=C(C#N)c2nc3ccccc3[nH]2)o1. The molecule has 130 valence electrons. The van der Waals surface area contributed by atoms with Crippen molar-refractivity contribution in [2.45, 2.75) is 6.92 Å². The summed E-state index contributed by atoms with van der Waals surface area (Å²) in [6, 6.07) is 12.6. The quantitative estimate of drug-likeness (QED) is 0.315. The van der Waals surface area contributed by atoms with Gasteiger partial charge in [-0.2, -0.15) is 5.26 Å². The van der Waals surface area contributed by atoms with Crippen LogP contribution in [0.1, 0.15) is 17.3 Å². The molecule has 7 heteroatoms. The van der Waals surface area contributed by atoms with Gasteiger partial charge in [0, 0.05) is 6.08 Å². The second-order valence-corrected chi connectivity index (χ2v) is 5.43. The fourth-order valence-electron chi connectivity index (χ4n) is 2.28. The highest BCUT2D eigenvalue weighted by atomic mass is 16.5. The van der Waals surface area contributed by atoms with Crippen molar-refractivity contribution in [3.8, 4) is 6.07 Å². The number of nitrogens with one attached hydrogen (secondary N) is 1. The zero-order chi connectivity index (χ0) is 18.5. The van der Waals surface area contributed by atoms with Crippen molar-refractivity contribution in [1.29, 1.82) is 5.26 Å². The van der Waals surface area contributed by atoms with E-state index in [9.17, 15) is 15.2 Å². The third-order valence-corrected chi connectivity index (χ3v) is 3.52. The zero-order valence-electron chi connectivity index (χ0n) is 13.9. The molecule has 0 spiro atoms. The van der Waals surface area contributed by atoms with Gasteiger partial charge in [0.1, 0.15) is 29.8 Å². The van der Waals surface area contributed by atoms with Crippen LogP contribution >= 0.6 is 0 Å². The first kappa shape index (κ1) is 17.0. The van der Waals surface area contributed by atoms with E-state index in [1.165, 1.54) is 12.2 Å². The molecule has 0 amide bonds. The molecule has 2 N–H and O–H groups in total. The maximum absolute atomic E-state index is 11.7. The van der Waals surface area contributed by atoms with E-state index in [0.717, 1.165) is 11.3 Å². The van der Waals surface area contributed by atoms with E-state index < -0.39 is 12.6 Å². The molecule has 3 aromatic rings. The Labute approximate surface area is 148 Å². The van der Waals surface area contributed by atoms with Crippen LogP contribution < -0.4 is 0 Å². The van der Waals surface area contributed by atoms with Crippen LogP contribution in [0.5, 0.6) is 0 Å². The number of aryl methyl sites for hydroxylation is 1. The number of rotatable bonds is 5. The maximum Gasteiger partial charge on any atom is 0.331 e. The summed E-state index contributed by atoms with van der Waals surface area (Å²) in [5, 5.41) is 19.4. The number of esters is 1. The van der Waals surface area contributed by atoms with Crippen LogP contribution in [0.2, 0.25) is 0 Å². The lowest BCUT2D eigenvalue weighted by Crippen LogP contribution is -2.06. The second-order valence-electron chi connectivity index (χ2n) is 5.43. The largest absolute Gasteiger partial charge is 0.507 e. The van der Waals surface area contributed by atoms with Crippen LogP contribution in [-0.4, -0.2) is 27.7 Å². The maximum atomic E-state index is 11.7. The van der Waals surface area contributed by atoms with Gasteiger partial charge in [-0.15, -0.1) is 0 Å². The molecule has 7 nitrogen and oxygen atoms in total. The molecule has 0 radical (unpaired) electrons. The van der Waals surface area contributed by atoms with Crippen LogP contribution in [0.15, 0.2) is 52.7 Å². The third kappa shape index (κ3) is 3.82. The number of aliphatic hydroxyl groups is 1. The molecule has 26 heavy (non-hydrogen) atoms. The van der Waals surface area contributed by atoms with E-state index in [4.69, 9.17) is 9.15 Å². The van der Waals surface area contributed by atoms with E-state index in [1.807, 2.05) is 18.2 Å². The van der Waals surface area contributed by atoms with Gasteiger partial charge in [-0.05, 0) is 37.3 Å². The smallest absolute Gasteiger partial charge is 0.331 e. The summed E-state index contributed by atoms with van der Waals surface area (Å²) in [6.07, 6.45) is 2.64. The van der Waals surface area contributed by atoms with Crippen molar-refractivity contribution in [1.82, 2.24) is 9.97 Å². The lowest BCUT2D eigenvalue weighted by Gasteiger charge is -2.03. The molecule has 0 saturated carbocycles. The number of carbonyl (C=O) groups is 1. The van der Waals surface area contributed by atoms with Crippen LogP contribution in [0.3, 0.4) is 0 Å². The average Bonchev–Trinajstić information content (AvgIpc) is 3.24. The number of hydrogen-bond acceptors (Lipinski definition) is 6. The number of fused-ring (bicyclic) bond motifs is 1. The summed E-state index contributed by atoms with van der Waals surface area (Å²) < 4.78 is 10.2. The number of ether oxygens (including phenoxy) is 1. The van der Waals surface area contributed by atoms with E-state index in [1.54, 1.807) is 31.2 Å². The molecule has 3 rings (SSSR count). The van der Waals surface area contributed by atoms with Gasteiger partial charge in [-0.3, -0.25) is 0 Å². The number of aromatic nitrogens is 2. The van der Waals surface area contributed by atoms with Crippen LogP contribution in [0.25, 0.3) is 22.7 Å². The van der Waals surface area contributed by atoms with Gasteiger partial charge in [-0.25, -0.2) is 9.78 Å². The molecule has 0 aliphatic rings. The van der Waals surface area contributed by atoms with Gasteiger partial charge in [0.05, 0.1) is 11.0 Å². The topological polar surface area (TPSA) is 112 Å². The first-order valence-electron chi connectivity index (χ1n) is 7.75. The minimum Gasteiger partial charge on any atom is -0.507 e. The fourth-order valence-corrected chi connectivity index (χ4v) is 2.28. The number of aliphatic hydroxyl groups excluding tert-OH is 1. The fraction of sp³-hybridized carbons (Fsp3) is 0.105. The Bertz CT molecular complexity index is 1020. The molecule has 1 aromatic carbocycles. The van der Waals surface area contributed by atoms with Crippen LogP contribution in [0, 0.1) is 18.3 Å². The van der Waals surface area contributed by atoms with Gasteiger partial charge >= 0.3 is 5.97 Å². The predicted octanol–water partition coefficient (Wildman–Crippen LogP) is 3.51. The number of benzene rings is 1. The molecule has 2 heterocycles. The number of carbonyl (C=O) groups excluding carboxylic acids is 1. The Hall–Kier alpha value is -3.79. The number of para-hydroxylation sites is 2. The lowest BCUT2D eigenvalue weighted by atomic mass is 10.2. The van der Waals surface area contributed by atoms with Crippen molar-refractivity contribution >= 4 is 28.7 Å². The van der Waals surface area contributed by atoms with Crippen molar-refractivity contribution in [3.05, 3.63) is 65.6 Å². The minimum atomic E-state index is -0.674. The Balaban J connectivity index is 1.69. The molecule has 2 aromatic heterocycles. The summed E-state index contributed by atoms with van der Waals surface area (Å²) in [5.41, 5.74) is 1.31. The van der Waals surface area contributed by atoms with Crippen LogP contribution in [0.4, 0.5) is 0 Å². The number of hydrogen-bond donors (Lipinski definition) is 2. The minimum absolute atomic E-state index is 0.0837. The average molecular weight is 349 g/mol. The number of imidazole rings is 1. The monoisotopic (exact) mass is 349 g/mol. The van der Waals surface area contributed by atoms with Crippen LogP contribution in [-0.2, 0) is 9.53 Å². The van der Waals surface area contributed by atoms with Crippen molar-refractivity contribution in [2.75, 3.05) is 6.61 Å². The number of nitrogens with zero attached hydrogens (tertiary/aromatic N) is 2. The number of furan rings is 1. The predicted molar refractivity (Wildman–Crippen MR) is 94.7 cm³/mol. The van der Waals surface area contributed by atoms with E-state index in [2.05, 4.69) is 9.97 Å². The van der Waals surface area contributed by atoms with Gasteiger partial charge in [0.2, 0.25) is 0 Å². The summed E-state index contributed by atoms with van der Waals surface area (Å²) in [7, 11) is 0. The molecule has 0 saturated heterocycles. The molecule has 0 atom stereocenters. The summed E-state index contributed by atoms with van der Waals surface area (Å²) in [4.78, 5) is 18.9. The molecule has 0 bridgehead atoms. The number of H-pyrrole nitrogens is 1. The van der Waals surface area contributed by atoms with Crippen molar-refractivity contribution < 1.29 is 19.1 Å². The Morgan fingerprint density at radius 2 is 2.19 bits per heavy atom. The Morgan fingerprint density at radius 1 is 1.38 bits per heavy atom. The first-order chi connectivity index (χ1) is 12.6. The van der Waals surface area contributed by atoms with Gasteiger partial charge < -0.3 is 19.2 Å². The van der Waals surface area contributed by atoms with Crippen molar-refractivity contribution in [3.63, 3.8) is 0 Å². The standard InChI is InChI=1S/C19H15N3O4/c1-12-6-7-13(26-12)8-9-18(24)25-11-17(23)14(10-20)19-21-15-4-2-3-5-16(15)22-19/h2-9,23H,11H2,1H3,(H,21,22). The summed E-state index contributed by atoms with van der Waals surface area (Å²) in [6.45, 7) is 1.35. The molecule has 0 fully saturated rings. The zero-order valence-corrected chi connectivity index (χ0v) is 13.9. The normalized spacial score (nSPS) is 12.2. The highest BCUT2D eigenvalue weighted by Crippen LogP contribution is 2.18. The molecule has 0 aliphatic heterocycles. The first-order valence-corrected chi connectivity index (χ1v) is 7.75. The highest BCUT2D eigenvalue weighted by molar-refractivity contribution is 5.87. The number of aromatic amines is 1. The Kier molecular flexibility index (Phi) is 4.85. The summed E-state index contributed by atoms with van der Waals surface area (Å²) in [5.74, 6) is 0.390. The van der Waals surface area contributed by atoms with Gasteiger partial charge in [-0.1, -0.05) is 12.1 Å². The molecular weight excluding hydrogens is 334 g/mol. The van der Waals surface area contributed by atoms with E-state index in [0.29, 0.717) is 11.3 Å². The Morgan fingerprint density at radius 3 is 2.88 bits per heavy atom. The van der Waals surface area contributed by atoms with E-state index in [-0.39, 0.29) is 17.2 Å². The van der Waals surface area contributed by atoms with Crippen molar-refractivity contribution in [2.24, 2.45) is 0 Å². The number of allylic oxidation sites excluding steroid dienone is 1. The lowest BCUT2D eigenvalue weighted by molar-refractivity contribution is -0.137. The molecular formula is C19H15N3O4. The second kappa shape index (κ2) is 7.40. The van der Waals surface area contributed by atoms with Gasteiger partial charge in [0.25, 0.3) is 0 Å². The molecule has 0 unspecified atom stereocenters. The molecule has 0 aliphatic carbocycles. The third-order valence-electron chi connectivity index (χ3n) is 3.52. The number of nitriles is 1.